The van der Waals surface area contributed by atoms with Gasteiger partial charge in [-0.15, -0.1) is 0 Å². The number of ether oxygens (including phenoxy) is 2. The fourth-order valence-electron chi connectivity index (χ4n) is 3.42. The molecule has 0 aliphatic carbocycles. The van der Waals surface area contributed by atoms with Crippen molar-refractivity contribution < 1.29 is 19.4 Å². The number of carbonyl (C=O) groups excluding carboxylic acids is 1. The summed E-state index contributed by atoms with van der Waals surface area (Å²) in [4.78, 5) is 15.0. The van der Waals surface area contributed by atoms with Gasteiger partial charge >= 0.3 is 0 Å². The molecular weight excluding hydrogens is 354 g/mol. The number of benzene rings is 2. The van der Waals surface area contributed by atoms with E-state index in [9.17, 15) is 9.90 Å². The Morgan fingerprint density at radius 2 is 1.54 bits per heavy atom. The predicted octanol–water partition coefficient (Wildman–Crippen LogP) is 4.02. The molecule has 3 atom stereocenters. The monoisotopic (exact) mass is 385 g/mol. The number of methoxy groups -OCH3 is 2. The molecule has 0 bridgehead atoms. The van der Waals surface area contributed by atoms with Crippen LogP contribution < -0.4 is 9.47 Å². The average Bonchev–Trinajstić information content (AvgIpc) is 2.72. The summed E-state index contributed by atoms with van der Waals surface area (Å²) in [6.45, 7) is 5.90. The first-order valence-corrected chi connectivity index (χ1v) is 9.53. The minimum absolute atomic E-state index is 0.0373. The van der Waals surface area contributed by atoms with Gasteiger partial charge in [0.25, 0.3) is 0 Å². The second-order valence-electron chi connectivity index (χ2n) is 7.38. The van der Waals surface area contributed by atoms with Crippen molar-refractivity contribution in [3.8, 4) is 11.5 Å². The van der Waals surface area contributed by atoms with Crippen LogP contribution in [0.15, 0.2) is 48.5 Å². The van der Waals surface area contributed by atoms with E-state index in [1.165, 1.54) is 0 Å². The highest BCUT2D eigenvalue weighted by molar-refractivity contribution is 5.84. The van der Waals surface area contributed by atoms with Gasteiger partial charge in [0.2, 0.25) is 5.91 Å². The zero-order chi connectivity index (χ0) is 20.8. The van der Waals surface area contributed by atoms with E-state index in [-0.39, 0.29) is 23.8 Å². The van der Waals surface area contributed by atoms with Crippen molar-refractivity contribution in [2.45, 2.75) is 38.8 Å². The Bertz CT molecular complexity index is 775. The van der Waals surface area contributed by atoms with Gasteiger partial charge in [0, 0.05) is 7.05 Å². The van der Waals surface area contributed by atoms with Crippen LogP contribution >= 0.6 is 0 Å². The fraction of sp³-hybridized carbons (Fsp3) is 0.435. The number of aliphatic hydroxyl groups is 1. The number of carbonyl (C=O) groups is 1. The second-order valence-corrected chi connectivity index (χ2v) is 7.38. The first kappa shape index (κ1) is 21.8. The molecule has 0 unspecified atom stereocenters. The highest BCUT2D eigenvalue weighted by Gasteiger charge is 2.32. The molecule has 5 nitrogen and oxygen atoms in total. The van der Waals surface area contributed by atoms with Crippen LogP contribution in [0.3, 0.4) is 0 Å². The van der Waals surface area contributed by atoms with Crippen molar-refractivity contribution in [2.24, 2.45) is 5.92 Å². The van der Waals surface area contributed by atoms with Gasteiger partial charge in [-0.2, -0.15) is 0 Å². The van der Waals surface area contributed by atoms with Crippen LogP contribution in [0, 0.1) is 5.92 Å². The number of hydrogen-bond donors (Lipinski definition) is 1. The van der Waals surface area contributed by atoms with Gasteiger partial charge in [0.15, 0.2) is 11.5 Å². The highest BCUT2D eigenvalue weighted by atomic mass is 16.5. The smallest absolute Gasteiger partial charge is 0.230 e. The standard InChI is InChI=1S/C23H31NO4/c1-15(2)21(18-12-13-19(27-5)20(14-18)28-6)23(26)24(4)16(3)22(25)17-10-8-7-9-11-17/h7-16,21-22,25H,1-6H3/t16-,21-,22+/m0/s1. The molecule has 0 radical (unpaired) electrons. The zero-order valence-electron chi connectivity index (χ0n) is 17.5. The van der Waals surface area contributed by atoms with Crippen molar-refractivity contribution in [3.63, 3.8) is 0 Å². The van der Waals surface area contributed by atoms with Crippen LogP contribution in [0.5, 0.6) is 11.5 Å². The van der Waals surface area contributed by atoms with Crippen molar-refractivity contribution >= 4 is 5.91 Å². The SMILES string of the molecule is COc1ccc([C@@H](C(=O)N(C)[C@@H](C)[C@@H](O)c2ccccc2)C(C)C)cc1OC. The third-order valence-electron chi connectivity index (χ3n) is 5.26. The molecule has 0 fully saturated rings. The predicted molar refractivity (Wildman–Crippen MR) is 111 cm³/mol. The summed E-state index contributed by atoms with van der Waals surface area (Å²) in [7, 11) is 4.91. The Morgan fingerprint density at radius 3 is 2.07 bits per heavy atom. The van der Waals surface area contributed by atoms with Crippen LogP contribution in [0.2, 0.25) is 0 Å². The normalized spacial score (nSPS) is 14.3. The third kappa shape index (κ3) is 4.65. The van der Waals surface area contributed by atoms with E-state index in [1.807, 2.05) is 69.3 Å². The van der Waals surface area contributed by atoms with E-state index < -0.39 is 6.10 Å². The molecule has 0 aliphatic heterocycles. The Hall–Kier alpha value is -2.53. The van der Waals surface area contributed by atoms with E-state index in [4.69, 9.17) is 9.47 Å². The maximum atomic E-state index is 13.4. The van der Waals surface area contributed by atoms with Gasteiger partial charge < -0.3 is 19.5 Å². The largest absolute Gasteiger partial charge is 0.493 e. The molecule has 0 saturated heterocycles. The number of hydrogen-bond acceptors (Lipinski definition) is 4. The molecule has 1 amide bonds. The molecule has 0 aromatic heterocycles. The minimum Gasteiger partial charge on any atom is -0.493 e. The number of likely N-dealkylation sites (N-methyl/N-ethyl adjacent to an activating group) is 1. The van der Waals surface area contributed by atoms with Crippen LogP contribution in [0.1, 0.15) is 43.9 Å². The van der Waals surface area contributed by atoms with E-state index in [0.717, 1.165) is 11.1 Å². The molecular formula is C23H31NO4. The summed E-state index contributed by atoms with van der Waals surface area (Å²) in [5.41, 5.74) is 1.66. The topological polar surface area (TPSA) is 59.0 Å². The van der Waals surface area contributed by atoms with Gasteiger partial charge in [-0.25, -0.2) is 0 Å². The van der Waals surface area contributed by atoms with E-state index >= 15 is 0 Å². The molecule has 2 aromatic rings. The molecule has 2 aromatic carbocycles. The Kier molecular flexibility index (Phi) is 7.46. The van der Waals surface area contributed by atoms with Gasteiger partial charge in [-0.05, 0) is 36.1 Å². The third-order valence-corrected chi connectivity index (χ3v) is 5.26. The first-order chi connectivity index (χ1) is 13.3. The maximum absolute atomic E-state index is 13.4. The molecule has 0 heterocycles. The number of amides is 1. The average molecular weight is 386 g/mol. The number of rotatable bonds is 8. The van der Waals surface area contributed by atoms with Gasteiger partial charge in [0.05, 0.1) is 32.3 Å². The number of aliphatic hydroxyl groups excluding tert-OH is 1. The van der Waals surface area contributed by atoms with Crippen LogP contribution in [-0.4, -0.2) is 43.2 Å². The van der Waals surface area contributed by atoms with Crippen molar-refractivity contribution in [2.75, 3.05) is 21.3 Å². The van der Waals surface area contributed by atoms with Gasteiger partial charge in [-0.3, -0.25) is 4.79 Å². The van der Waals surface area contributed by atoms with Gasteiger partial charge in [0.1, 0.15) is 0 Å². The van der Waals surface area contributed by atoms with Crippen LogP contribution in [0.25, 0.3) is 0 Å². The highest BCUT2D eigenvalue weighted by Crippen LogP contribution is 2.35. The summed E-state index contributed by atoms with van der Waals surface area (Å²) < 4.78 is 10.7. The minimum atomic E-state index is -0.756. The van der Waals surface area contributed by atoms with Crippen molar-refractivity contribution in [1.29, 1.82) is 0 Å². The summed E-state index contributed by atoms with van der Waals surface area (Å²) in [5, 5.41) is 10.7. The Labute approximate surface area is 167 Å². The Morgan fingerprint density at radius 1 is 0.929 bits per heavy atom. The van der Waals surface area contributed by atoms with E-state index in [1.54, 1.807) is 26.2 Å². The second kappa shape index (κ2) is 9.60. The Balaban J connectivity index is 2.29. The summed E-state index contributed by atoms with van der Waals surface area (Å²) in [6, 6.07) is 14.6. The first-order valence-electron chi connectivity index (χ1n) is 9.53. The van der Waals surface area contributed by atoms with E-state index in [0.29, 0.717) is 11.5 Å². The summed E-state index contributed by atoms with van der Waals surface area (Å²) in [5.74, 6) is 0.912. The van der Waals surface area contributed by atoms with Crippen molar-refractivity contribution in [1.82, 2.24) is 4.90 Å². The fourth-order valence-corrected chi connectivity index (χ4v) is 3.42. The molecule has 0 spiro atoms. The molecule has 1 N–H and O–H groups in total. The number of nitrogens with zero attached hydrogens (tertiary/aromatic N) is 1. The summed E-state index contributed by atoms with van der Waals surface area (Å²) in [6.07, 6.45) is -0.756. The molecule has 2 rings (SSSR count). The quantitative estimate of drug-likeness (QED) is 0.745. The molecule has 0 saturated carbocycles. The molecule has 28 heavy (non-hydrogen) atoms. The molecule has 152 valence electrons. The van der Waals surface area contributed by atoms with Crippen LogP contribution in [0.4, 0.5) is 0 Å². The lowest BCUT2D eigenvalue weighted by Gasteiger charge is -2.33. The lowest BCUT2D eigenvalue weighted by atomic mass is 9.86. The summed E-state index contributed by atoms with van der Waals surface area (Å²) >= 11 is 0. The van der Waals surface area contributed by atoms with Crippen LogP contribution in [-0.2, 0) is 4.79 Å². The zero-order valence-corrected chi connectivity index (χ0v) is 17.5. The molecule has 0 aliphatic rings. The lowest BCUT2D eigenvalue weighted by molar-refractivity contribution is -0.136. The van der Waals surface area contributed by atoms with Gasteiger partial charge in [-0.1, -0.05) is 50.2 Å². The van der Waals surface area contributed by atoms with Crippen molar-refractivity contribution in [3.05, 3.63) is 59.7 Å². The molecule has 5 heteroatoms. The maximum Gasteiger partial charge on any atom is 0.230 e. The van der Waals surface area contributed by atoms with E-state index in [2.05, 4.69) is 0 Å². The lowest BCUT2D eigenvalue weighted by Crippen LogP contribution is -2.42.